The maximum absolute atomic E-state index is 13.7. The van der Waals surface area contributed by atoms with Crippen LogP contribution < -0.4 is 4.31 Å². The number of benzene rings is 1. The molecule has 0 saturated heterocycles. The molecular formula is C28H38FN5O12S. The number of hydrogen-bond donors (Lipinski definition) is 2. The highest BCUT2D eigenvalue weighted by Crippen LogP contribution is 2.31. The van der Waals surface area contributed by atoms with Crippen LogP contribution in [0.5, 0.6) is 0 Å². The van der Waals surface area contributed by atoms with Crippen molar-refractivity contribution in [2.75, 3.05) is 44.0 Å². The van der Waals surface area contributed by atoms with E-state index in [2.05, 4.69) is 25.0 Å². The molecule has 0 aliphatic rings. The van der Waals surface area contributed by atoms with Gasteiger partial charge < -0.3 is 29.4 Å². The van der Waals surface area contributed by atoms with Crippen molar-refractivity contribution in [3.05, 3.63) is 62.4 Å². The lowest BCUT2D eigenvalue weighted by molar-refractivity contribution is -0.769. The zero-order valence-corrected chi connectivity index (χ0v) is 27.0. The molecule has 0 aliphatic heterocycles. The second-order valence-corrected chi connectivity index (χ2v) is 12.5. The maximum Gasteiger partial charge on any atom is 0.308 e. The number of aromatic nitrogens is 2. The summed E-state index contributed by atoms with van der Waals surface area (Å²) in [5.74, 6) is -1.61. The number of halogens is 1. The van der Waals surface area contributed by atoms with Gasteiger partial charge in [0.15, 0.2) is 5.34 Å². The van der Waals surface area contributed by atoms with Gasteiger partial charge in [0.2, 0.25) is 16.0 Å². The number of ether oxygens (including phenoxy) is 2. The molecule has 2 rings (SSSR count). The monoisotopic (exact) mass is 687 g/mol. The van der Waals surface area contributed by atoms with Crippen LogP contribution in [-0.4, -0.2) is 97.7 Å². The summed E-state index contributed by atoms with van der Waals surface area (Å²) in [7, 11) is -2.41. The van der Waals surface area contributed by atoms with Crippen LogP contribution in [0.1, 0.15) is 50.3 Å². The highest BCUT2D eigenvalue weighted by Gasteiger charge is 2.23. The molecule has 1 heterocycles. The Balaban J connectivity index is 2.05. The topological polar surface area (TPSA) is 230 Å². The lowest BCUT2D eigenvalue weighted by Crippen LogP contribution is -2.27. The minimum Gasteiger partial charge on any atom is -0.463 e. The molecule has 0 amide bonds. The van der Waals surface area contributed by atoms with Gasteiger partial charge in [0, 0.05) is 31.0 Å². The molecule has 0 aliphatic carbocycles. The van der Waals surface area contributed by atoms with Gasteiger partial charge in [-0.25, -0.2) is 27.1 Å². The van der Waals surface area contributed by atoms with Crippen LogP contribution in [0.3, 0.4) is 0 Å². The van der Waals surface area contributed by atoms with Crippen molar-refractivity contribution < 1.29 is 52.1 Å². The number of aliphatic hydroxyl groups is 2. The largest absolute Gasteiger partial charge is 0.463 e. The van der Waals surface area contributed by atoms with E-state index in [1.165, 1.54) is 43.5 Å². The van der Waals surface area contributed by atoms with Crippen molar-refractivity contribution in [1.82, 2.24) is 9.97 Å². The molecule has 1 aromatic carbocycles. The summed E-state index contributed by atoms with van der Waals surface area (Å²) in [6, 6.07) is 5.40. The third kappa shape index (κ3) is 13.5. The van der Waals surface area contributed by atoms with Crippen molar-refractivity contribution in [3.63, 3.8) is 0 Å². The van der Waals surface area contributed by atoms with Gasteiger partial charge in [0.25, 0.3) is 5.09 Å². The predicted octanol–water partition coefficient (Wildman–Crippen LogP) is 2.54. The summed E-state index contributed by atoms with van der Waals surface area (Å²) < 4.78 is 49.2. The van der Waals surface area contributed by atoms with Crippen LogP contribution in [0.15, 0.2) is 35.7 Å². The Labute approximate surface area is 270 Å². The first-order chi connectivity index (χ1) is 22.1. The van der Waals surface area contributed by atoms with E-state index in [1.807, 2.05) is 13.8 Å². The Morgan fingerprint density at radius 2 is 1.85 bits per heavy atom. The maximum atomic E-state index is 13.7. The van der Waals surface area contributed by atoms with E-state index < -0.39 is 51.6 Å². The normalized spacial score (nSPS) is 13.6. The minimum absolute atomic E-state index is 0.0549. The third-order valence-electron chi connectivity index (χ3n) is 6.42. The molecule has 0 spiro atoms. The number of carbonyl (C=O) groups is 1. The average molecular weight is 688 g/mol. The van der Waals surface area contributed by atoms with Gasteiger partial charge in [-0.3, -0.25) is 4.79 Å². The van der Waals surface area contributed by atoms with E-state index >= 15 is 0 Å². The molecule has 0 radical (unpaired) electrons. The van der Waals surface area contributed by atoms with Gasteiger partial charge in [-0.15, -0.1) is 15.0 Å². The number of aliphatic hydroxyl groups excluding tert-OH is 2. The molecule has 19 heteroatoms. The molecule has 2 aromatic rings. The van der Waals surface area contributed by atoms with Crippen LogP contribution in [0, 0.1) is 20.8 Å². The van der Waals surface area contributed by atoms with Crippen LogP contribution in [0.2, 0.25) is 0 Å². The summed E-state index contributed by atoms with van der Waals surface area (Å²) >= 11 is 0. The quantitative estimate of drug-likeness (QED) is 0.0632. The Hall–Kier alpha value is -4.33. The fraction of sp³-hybridized carbons (Fsp3) is 0.536. The molecule has 0 fully saturated rings. The number of sulfonamides is 1. The first-order valence-electron chi connectivity index (χ1n) is 14.3. The van der Waals surface area contributed by atoms with E-state index in [4.69, 9.17) is 9.47 Å². The van der Waals surface area contributed by atoms with E-state index in [0.29, 0.717) is 16.8 Å². The Morgan fingerprint density at radius 3 is 2.45 bits per heavy atom. The van der Waals surface area contributed by atoms with Gasteiger partial charge in [-0.05, 0) is 30.2 Å². The van der Waals surface area contributed by atoms with E-state index in [0.717, 1.165) is 10.6 Å². The first kappa shape index (κ1) is 38.9. The Bertz CT molecular complexity index is 1480. The first-order valence-corrected chi connectivity index (χ1v) is 16.1. The molecule has 2 N–H and O–H groups in total. The minimum atomic E-state index is -3.71. The Morgan fingerprint density at radius 1 is 1.17 bits per heavy atom. The van der Waals surface area contributed by atoms with Crippen molar-refractivity contribution >= 4 is 28.0 Å². The van der Waals surface area contributed by atoms with Crippen molar-refractivity contribution in [2.45, 2.75) is 57.3 Å². The smallest absolute Gasteiger partial charge is 0.308 e. The molecule has 0 saturated carbocycles. The zero-order chi connectivity index (χ0) is 35.1. The summed E-state index contributed by atoms with van der Waals surface area (Å²) in [4.78, 5) is 50.2. The summed E-state index contributed by atoms with van der Waals surface area (Å²) in [6.45, 7) is 2.79. The molecule has 260 valence electrons. The molecule has 3 unspecified atom stereocenters. The number of hydrogen-bond acceptors (Lipinski definition) is 15. The van der Waals surface area contributed by atoms with Crippen LogP contribution in [0.4, 0.5) is 10.3 Å². The third-order valence-corrected chi connectivity index (χ3v) is 7.58. The number of nitrogens with zero attached hydrogens (tertiary/aromatic N) is 5. The molecule has 17 nitrogen and oxygen atoms in total. The van der Waals surface area contributed by atoms with Gasteiger partial charge >= 0.3 is 5.97 Å². The summed E-state index contributed by atoms with van der Waals surface area (Å²) in [5, 5.41) is 32.7. The number of esters is 1. The van der Waals surface area contributed by atoms with Crippen molar-refractivity contribution in [3.8, 4) is 11.3 Å². The van der Waals surface area contributed by atoms with Gasteiger partial charge in [0.1, 0.15) is 25.1 Å². The standard InChI is InChI=1S/C28H38FN5O12S/c1-18(2)26-24(27(19-5-7-20(29)8-6-19)31-28(30-26)33(3)47(4,41)42)10-9-21(35)15-22(36)16-25(37)44-14-13-43-17-23(46-34(39)40)11-12-45-32-38/h5-10,18,21-23,35-36H,11-17H2,1-4H3/b10-9+. The van der Waals surface area contributed by atoms with E-state index in [9.17, 15) is 42.8 Å². The summed E-state index contributed by atoms with van der Waals surface area (Å²) in [5.41, 5.74) is 1.63. The highest BCUT2D eigenvalue weighted by atomic mass is 32.2. The van der Waals surface area contributed by atoms with Crippen molar-refractivity contribution in [1.29, 1.82) is 0 Å². The molecular weight excluding hydrogens is 649 g/mol. The van der Waals surface area contributed by atoms with Crippen LogP contribution in [0.25, 0.3) is 17.3 Å². The molecule has 0 bridgehead atoms. The second-order valence-electron chi connectivity index (χ2n) is 10.5. The van der Waals surface area contributed by atoms with Gasteiger partial charge in [-0.2, -0.15) is 0 Å². The fourth-order valence-corrected chi connectivity index (χ4v) is 4.41. The lowest BCUT2D eigenvalue weighted by atomic mass is 9.97. The van der Waals surface area contributed by atoms with Crippen LogP contribution in [-0.2, 0) is 34.0 Å². The number of anilines is 1. The van der Waals surface area contributed by atoms with Crippen molar-refractivity contribution in [2.24, 2.45) is 5.34 Å². The van der Waals surface area contributed by atoms with Gasteiger partial charge in [0.05, 0.1) is 49.5 Å². The second kappa shape index (κ2) is 18.7. The number of carbonyl (C=O) groups excluding carboxylic acids is 1. The van der Waals surface area contributed by atoms with Gasteiger partial charge in [-0.1, -0.05) is 26.0 Å². The fourth-order valence-electron chi connectivity index (χ4n) is 4.03. The van der Waals surface area contributed by atoms with E-state index in [-0.39, 0.29) is 56.8 Å². The lowest BCUT2D eigenvalue weighted by Gasteiger charge is -2.20. The van der Waals surface area contributed by atoms with E-state index in [1.54, 1.807) is 0 Å². The zero-order valence-electron chi connectivity index (χ0n) is 26.2. The Kier molecular flexibility index (Phi) is 15.5. The average Bonchev–Trinajstić information content (AvgIpc) is 2.98. The predicted molar refractivity (Wildman–Crippen MR) is 165 cm³/mol. The van der Waals surface area contributed by atoms with Crippen LogP contribution >= 0.6 is 0 Å². The molecule has 3 atom stereocenters. The molecule has 47 heavy (non-hydrogen) atoms. The number of rotatable bonds is 21. The molecule has 1 aromatic heterocycles. The highest BCUT2D eigenvalue weighted by molar-refractivity contribution is 7.92. The SMILES string of the molecule is CC(C)c1nc(N(C)S(C)(=O)=O)nc(-c2ccc(F)cc2)c1/C=C/C(O)CC(O)CC(=O)OCCOCC(CCON=O)O[N+](=O)[O-]. The summed E-state index contributed by atoms with van der Waals surface area (Å²) in [6.07, 6.45) is -0.457.